The zero-order valence-corrected chi connectivity index (χ0v) is 11.9. The van der Waals surface area contributed by atoms with E-state index in [1.165, 1.54) is 11.3 Å². The molecule has 0 spiro atoms. The van der Waals surface area contributed by atoms with Gasteiger partial charge in [0.2, 0.25) is 5.91 Å². The Hall–Kier alpha value is -1.40. The number of hydrogen-bond donors (Lipinski definition) is 2. The van der Waals surface area contributed by atoms with Crippen molar-refractivity contribution in [3.63, 3.8) is 0 Å². The minimum Gasteiger partial charge on any atom is -0.462 e. The predicted molar refractivity (Wildman–Crippen MR) is 74.5 cm³/mol. The molecule has 1 aromatic rings. The van der Waals surface area contributed by atoms with E-state index in [-0.39, 0.29) is 17.9 Å². The van der Waals surface area contributed by atoms with Crippen LogP contribution < -0.4 is 10.6 Å². The molecular formula is C13H18N2O3S. The highest BCUT2D eigenvalue weighted by molar-refractivity contribution is 7.14. The molecule has 1 aliphatic heterocycles. The number of carbonyl (C=O) groups excluding carboxylic acids is 2. The minimum atomic E-state index is -0.392. The van der Waals surface area contributed by atoms with Crippen molar-refractivity contribution in [3.05, 3.63) is 17.0 Å². The van der Waals surface area contributed by atoms with Crippen molar-refractivity contribution >= 4 is 28.2 Å². The van der Waals surface area contributed by atoms with Crippen LogP contribution in [-0.4, -0.2) is 31.1 Å². The van der Waals surface area contributed by atoms with Gasteiger partial charge in [0.05, 0.1) is 18.1 Å². The quantitative estimate of drug-likeness (QED) is 0.827. The Labute approximate surface area is 116 Å². The Morgan fingerprint density at radius 2 is 2.37 bits per heavy atom. The van der Waals surface area contributed by atoms with Gasteiger partial charge in [-0.2, -0.15) is 0 Å². The van der Waals surface area contributed by atoms with Crippen molar-refractivity contribution in [1.29, 1.82) is 0 Å². The first-order valence-corrected chi connectivity index (χ1v) is 7.30. The Balaban J connectivity index is 2.05. The fourth-order valence-corrected chi connectivity index (χ4v) is 2.98. The van der Waals surface area contributed by atoms with Gasteiger partial charge in [0.25, 0.3) is 0 Å². The van der Waals surface area contributed by atoms with Gasteiger partial charge in [0, 0.05) is 6.04 Å². The molecule has 104 valence electrons. The molecule has 1 amide bonds. The summed E-state index contributed by atoms with van der Waals surface area (Å²) in [6.07, 6.45) is 0.827. The van der Waals surface area contributed by atoms with Gasteiger partial charge in [-0.15, -0.1) is 11.3 Å². The standard InChI is InChI=1S/C13H18N2O3S/c1-3-18-13(17)10-5-7-19-12(10)15-11(16)9-4-6-14-8(9)2/h5,7-9,14H,3-4,6H2,1-2H3,(H,15,16). The molecule has 6 heteroatoms. The van der Waals surface area contributed by atoms with Gasteiger partial charge in [-0.3, -0.25) is 4.79 Å². The number of esters is 1. The molecule has 1 saturated heterocycles. The van der Waals surface area contributed by atoms with Crippen LogP contribution in [0.25, 0.3) is 0 Å². The third-order valence-corrected chi connectivity index (χ3v) is 4.09. The fraction of sp³-hybridized carbons (Fsp3) is 0.538. The fourth-order valence-electron chi connectivity index (χ4n) is 2.20. The molecule has 0 aromatic carbocycles. The number of carbonyl (C=O) groups is 2. The van der Waals surface area contributed by atoms with Crippen LogP contribution in [-0.2, 0) is 9.53 Å². The van der Waals surface area contributed by atoms with E-state index in [0.717, 1.165) is 13.0 Å². The molecule has 2 unspecified atom stereocenters. The van der Waals surface area contributed by atoms with Gasteiger partial charge in [0.1, 0.15) is 5.00 Å². The molecule has 2 rings (SSSR count). The zero-order valence-electron chi connectivity index (χ0n) is 11.1. The van der Waals surface area contributed by atoms with Crippen molar-refractivity contribution < 1.29 is 14.3 Å². The summed E-state index contributed by atoms with van der Waals surface area (Å²) < 4.78 is 4.96. The first-order valence-electron chi connectivity index (χ1n) is 6.42. The molecule has 2 atom stereocenters. The van der Waals surface area contributed by atoms with Crippen LogP contribution in [0.4, 0.5) is 5.00 Å². The van der Waals surface area contributed by atoms with Crippen molar-refractivity contribution in [2.75, 3.05) is 18.5 Å². The van der Waals surface area contributed by atoms with E-state index in [1.54, 1.807) is 18.4 Å². The smallest absolute Gasteiger partial charge is 0.341 e. The number of thiophene rings is 1. The second-order valence-corrected chi connectivity index (χ2v) is 5.43. The Bertz CT molecular complexity index is 472. The molecule has 1 aromatic heterocycles. The lowest BCUT2D eigenvalue weighted by Gasteiger charge is -2.14. The summed E-state index contributed by atoms with van der Waals surface area (Å²) in [5.41, 5.74) is 0.429. The predicted octanol–water partition coefficient (Wildman–Crippen LogP) is 1.86. The van der Waals surface area contributed by atoms with Crippen LogP contribution in [0.3, 0.4) is 0 Å². The average Bonchev–Trinajstić information content (AvgIpc) is 2.98. The normalized spacial score (nSPS) is 22.2. The summed E-state index contributed by atoms with van der Waals surface area (Å²) in [5, 5.41) is 8.43. The van der Waals surface area contributed by atoms with Gasteiger partial charge in [-0.25, -0.2) is 4.79 Å². The lowest BCUT2D eigenvalue weighted by Crippen LogP contribution is -2.32. The maximum Gasteiger partial charge on any atom is 0.341 e. The zero-order chi connectivity index (χ0) is 13.8. The molecule has 0 saturated carbocycles. The first kappa shape index (κ1) is 14.0. The van der Waals surface area contributed by atoms with Gasteiger partial charge in [-0.1, -0.05) is 0 Å². The van der Waals surface area contributed by atoms with Crippen LogP contribution in [0.2, 0.25) is 0 Å². The summed E-state index contributed by atoms with van der Waals surface area (Å²) in [7, 11) is 0. The number of hydrogen-bond acceptors (Lipinski definition) is 5. The van der Waals surface area contributed by atoms with Crippen molar-refractivity contribution in [1.82, 2.24) is 5.32 Å². The number of rotatable bonds is 4. The van der Waals surface area contributed by atoms with E-state index in [0.29, 0.717) is 17.2 Å². The van der Waals surface area contributed by atoms with Gasteiger partial charge in [0.15, 0.2) is 0 Å². The number of nitrogens with one attached hydrogen (secondary N) is 2. The third-order valence-electron chi connectivity index (χ3n) is 3.26. The average molecular weight is 282 g/mol. The maximum absolute atomic E-state index is 12.2. The molecule has 19 heavy (non-hydrogen) atoms. The molecule has 1 fully saturated rings. The second kappa shape index (κ2) is 6.16. The van der Waals surface area contributed by atoms with Gasteiger partial charge in [-0.05, 0) is 38.3 Å². The SMILES string of the molecule is CCOC(=O)c1ccsc1NC(=O)C1CCNC1C. The summed E-state index contributed by atoms with van der Waals surface area (Å²) >= 11 is 1.34. The van der Waals surface area contributed by atoms with E-state index in [4.69, 9.17) is 4.74 Å². The Morgan fingerprint density at radius 3 is 3.00 bits per heavy atom. The summed E-state index contributed by atoms with van der Waals surface area (Å²) in [4.78, 5) is 23.9. The van der Waals surface area contributed by atoms with Crippen molar-refractivity contribution in [2.45, 2.75) is 26.3 Å². The molecule has 0 aliphatic carbocycles. The van der Waals surface area contributed by atoms with Crippen LogP contribution in [0.5, 0.6) is 0 Å². The van der Waals surface area contributed by atoms with E-state index in [2.05, 4.69) is 10.6 Å². The van der Waals surface area contributed by atoms with Crippen LogP contribution in [0.15, 0.2) is 11.4 Å². The lowest BCUT2D eigenvalue weighted by molar-refractivity contribution is -0.119. The lowest BCUT2D eigenvalue weighted by atomic mass is 10.0. The molecular weight excluding hydrogens is 264 g/mol. The highest BCUT2D eigenvalue weighted by atomic mass is 32.1. The molecule has 1 aliphatic rings. The van der Waals surface area contributed by atoms with Crippen LogP contribution >= 0.6 is 11.3 Å². The van der Waals surface area contributed by atoms with E-state index in [9.17, 15) is 9.59 Å². The largest absolute Gasteiger partial charge is 0.462 e. The summed E-state index contributed by atoms with van der Waals surface area (Å²) in [5.74, 6) is -0.473. The van der Waals surface area contributed by atoms with Crippen molar-refractivity contribution in [3.8, 4) is 0 Å². The van der Waals surface area contributed by atoms with Crippen LogP contribution in [0.1, 0.15) is 30.6 Å². The monoisotopic (exact) mass is 282 g/mol. The molecule has 0 bridgehead atoms. The highest BCUT2D eigenvalue weighted by Gasteiger charge is 2.30. The number of anilines is 1. The van der Waals surface area contributed by atoms with E-state index >= 15 is 0 Å². The minimum absolute atomic E-state index is 0.0366. The highest BCUT2D eigenvalue weighted by Crippen LogP contribution is 2.26. The third kappa shape index (κ3) is 3.13. The Kier molecular flexibility index (Phi) is 4.55. The van der Waals surface area contributed by atoms with Crippen LogP contribution in [0, 0.1) is 5.92 Å². The summed E-state index contributed by atoms with van der Waals surface area (Å²) in [6, 6.07) is 1.85. The number of amides is 1. The molecule has 2 N–H and O–H groups in total. The first-order chi connectivity index (χ1) is 9.13. The molecule has 2 heterocycles. The van der Waals surface area contributed by atoms with Crippen molar-refractivity contribution in [2.24, 2.45) is 5.92 Å². The molecule has 5 nitrogen and oxygen atoms in total. The second-order valence-electron chi connectivity index (χ2n) is 4.51. The van der Waals surface area contributed by atoms with E-state index in [1.807, 2.05) is 6.92 Å². The van der Waals surface area contributed by atoms with E-state index < -0.39 is 5.97 Å². The number of ether oxygens (including phenoxy) is 1. The maximum atomic E-state index is 12.2. The Morgan fingerprint density at radius 1 is 1.58 bits per heavy atom. The molecule has 0 radical (unpaired) electrons. The van der Waals surface area contributed by atoms with Gasteiger partial charge >= 0.3 is 5.97 Å². The summed E-state index contributed by atoms with van der Waals surface area (Å²) in [6.45, 7) is 4.94. The van der Waals surface area contributed by atoms with Gasteiger partial charge < -0.3 is 15.4 Å². The topological polar surface area (TPSA) is 67.4 Å².